The molecule has 6 N–H and O–H groups in total. The minimum Gasteiger partial charge on any atom is -0.506 e. The number of hydrogen-bond donors (Lipinski definition) is 5. The van der Waals surface area contributed by atoms with E-state index in [0.29, 0.717) is 24.2 Å². The minimum atomic E-state index is -0.670. The summed E-state index contributed by atoms with van der Waals surface area (Å²) in [4.78, 5) is 10.5. The van der Waals surface area contributed by atoms with Crippen LogP contribution in [0.25, 0.3) is 0 Å². The van der Waals surface area contributed by atoms with Gasteiger partial charge in [0.1, 0.15) is 5.75 Å². The Balaban J connectivity index is 2.05. The van der Waals surface area contributed by atoms with E-state index in [1.165, 1.54) is 51.0 Å². The Bertz CT molecular complexity index is 497. The van der Waals surface area contributed by atoms with Gasteiger partial charge in [-0.3, -0.25) is 4.79 Å². The average Bonchev–Trinajstić information content (AvgIpc) is 2.64. The van der Waals surface area contributed by atoms with Gasteiger partial charge in [-0.2, -0.15) is 0 Å². The second kappa shape index (κ2) is 14.5. The van der Waals surface area contributed by atoms with Gasteiger partial charge in [0.2, 0.25) is 6.41 Å². The van der Waals surface area contributed by atoms with Crippen LogP contribution in [-0.2, 0) is 4.79 Å². The Morgan fingerprint density at radius 1 is 1.00 bits per heavy atom. The quantitative estimate of drug-likeness (QED) is 0.176. The fourth-order valence-corrected chi connectivity index (χ4v) is 2.93. The van der Waals surface area contributed by atoms with Crippen molar-refractivity contribution < 1.29 is 15.0 Å². The highest BCUT2D eigenvalue weighted by Crippen LogP contribution is 2.26. The summed E-state index contributed by atoms with van der Waals surface area (Å²) in [5.41, 5.74) is 6.44. The van der Waals surface area contributed by atoms with E-state index in [0.717, 1.165) is 25.9 Å². The summed E-state index contributed by atoms with van der Waals surface area (Å²) < 4.78 is 0. The SMILES string of the molecule is NCCCCCCCCCCCNCC(O)c1ccc(O)c(NC=O)c1. The summed E-state index contributed by atoms with van der Waals surface area (Å²) in [7, 11) is 0. The number of anilines is 1. The molecule has 1 aromatic carbocycles. The number of benzene rings is 1. The maximum absolute atomic E-state index is 10.5. The summed E-state index contributed by atoms with van der Waals surface area (Å²) in [6.45, 7) is 2.14. The third kappa shape index (κ3) is 9.75. The Labute approximate surface area is 157 Å². The predicted octanol–water partition coefficient (Wildman–Crippen LogP) is 3.05. The van der Waals surface area contributed by atoms with Gasteiger partial charge in [0.05, 0.1) is 11.8 Å². The molecule has 0 fully saturated rings. The van der Waals surface area contributed by atoms with Gasteiger partial charge in [0, 0.05) is 6.54 Å². The van der Waals surface area contributed by atoms with Crippen LogP contribution in [0.1, 0.15) is 69.5 Å². The smallest absolute Gasteiger partial charge is 0.211 e. The van der Waals surface area contributed by atoms with Gasteiger partial charge in [-0.15, -0.1) is 0 Å². The maximum atomic E-state index is 10.5. The molecule has 0 aliphatic heterocycles. The predicted molar refractivity (Wildman–Crippen MR) is 106 cm³/mol. The Kier molecular flexibility index (Phi) is 12.5. The number of hydrogen-bond acceptors (Lipinski definition) is 5. The van der Waals surface area contributed by atoms with Gasteiger partial charge >= 0.3 is 0 Å². The number of carbonyl (C=O) groups excluding carboxylic acids is 1. The summed E-state index contributed by atoms with van der Waals surface area (Å²) in [6.07, 6.45) is 11.1. The molecule has 0 radical (unpaired) electrons. The lowest BCUT2D eigenvalue weighted by Gasteiger charge is -2.14. The van der Waals surface area contributed by atoms with Crippen molar-refractivity contribution in [1.82, 2.24) is 5.32 Å². The van der Waals surface area contributed by atoms with Crippen LogP contribution in [0.5, 0.6) is 5.75 Å². The molecule has 0 saturated heterocycles. The first-order chi connectivity index (χ1) is 12.7. The first-order valence-corrected chi connectivity index (χ1v) is 9.81. The Morgan fingerprint density at radius 3 is 2.23 bits per heavy atom. The molecule has 0 spiro atoms. The minimum absolute atomic E-state index is 0.0135. The first-order valence-electron chi connectivity index (χ1n) is 9.81. The number of phenols is 1. The van der Waals surface area contributed by atoms with Crippen LogP contribution in [0.3, 0.4) is 0 Å². The molecule has 0 bridgehead atoms. The van der Waals surface area contributed by atoms with Crippen LogP contribution >= 0.6 is 0 Å². The number of phenolic OH excluding ortho intramolecular Hbond substituents is 1. The molecule has 0 aliphatic carbocycles. The highest BCUT2D eigenvalue weighted by atomic mass is 16.3. The van der Waals surface area contributed by atoms with E-state index in [1.807, 2.05) is 0 Å². The van der Waals surface area contributed by atoms with Crippen LogP contribution in [0.4, 0.5) is 5.69 Å². The van der Waals surface area contributed by atoms with Crippen molar-refractivity contribution in [3.05, 3.63) is 23.8 Å². The number of unbranched alkanes of at least 4 members (excludes halogenated alkanes) is 8. The van der Waals surface area contributed by atoms with E-state index in [2.05, 4.69) is 10.6 Å². The van der Waals surface area contributed by atoms with Crippen molar-refractivity contribution in [2.75, 3.05) is 25.0 Å². The molecule has 0 aliphatic rings. The number of amides is 1. The molecular weight excluding hydrogens is 330 g/mol. The van der Waals surface area contributed by atoms with Crippen molar-refractivity contribution in [2.24, 2.45) is 5.73 Å². The number of rotatable bonds is 16. The van der Waals surface area contributed by atoms with Crippen LogP contribution in [0, 0.1) is 0 Å². The molecule has 1 aromatic rings. The number of aliphatic hydroxyl groups excluding tert-OH is 1. The first kappa shape index (κ1) is 22.4. The maximum Gasteiger partial charge on any atom is 0.211 e. The highest BCUT2D eigenvalue weighted by molar-refractivity contribution is 5.75. The van der Waals surface area contributed by atoms with Crippen molar-refractivity contribution in [1.29, 1.82) is 0 Å². The second-order valence-electron chi connectivity index (χ2n) is 6.73. The van der Waals surface area contributed by atoms with Gasteiger partial charge in [-0.1, -0.05) is 51.0 Å². The molecule has 1 atom stereocenters. The van der Waals surface area contributed by atoms with Crippen molar-refractivity contribution in [2.45, 2.75) is 63.9 Å². The van der Waals surface area contributed by atoms with Gasteiger partial charge in [-0.05, 0) is 43.6 Å². The van der Waals surface area contributed by atoms with Crippen molar-refractivity contribution in [3.8, 4) is 5.75 Å². The fraction of sp³-hybridized carbons (Fsp3) is 0.650. The molecule has 6 heteroatoms. The zero-order valence-corrected chi connectivity index (χ0v) is 15.8. The summed E-state index contributed by atoms with van der Waals surface area (Å²) in [5, 5.41) is 25.5. The summed E-state index contributed by atoms with van der Waals surface area (Å²) in [5.74, 6) is -0.0135. The summed E-state index contributed by atoms with van der Waals surface area (Å²) >= 11 is 0. The van der Waals surface area contributed by atoms with Crippen LogP contribution in [0.2, 0.25) is 0 Å². The Morgan fingerprint density at radius 2 is 1.62 bits per heavy atom. The van der Waals surface area contributed by atoms with Gasteiger partial charge in [0.25, 0.3) is 0 Å². The topological polar surface area (TPSA) is 108 Å². The van der Waals surface area contributed by atoms with Gasteiger partial charge < -0.3 is 26.6 Å². The zero-order valence-electron chi connectivity index (χ0n) is 15.8. The molecule has 6 nitrogen and oxygen atoms in total. The standard InChI is InChI=1S/C20H35N3O3/c21-12-8-6-4-2-1-3-5-7-9-13-22-15-20(26)17-10-11-19(25)18(14-17)23-16-24/h10-11,14,16,20,22,25-26H,1-9,12-13,15,21H2,(H,23,24). The molecule has 0 saturated carbocycles. The zero-order chi connectivity index (χ0) is 19.0. The van der Waals surface area contributed by atoms with Crippen LogP contribution < -0.4 is 16.4 Å². The summed E-state index contributed by atoms with van der Waals surface area (Å²) in [6, 6.07) is 4.72. The van der Waals surface area contributed by atoms with Crippen LogP contribution in [-0.4, -0.2) is 36.3 Å². The molecule has 148 valence electrons. The van der Waals surface area contributed by atoms with E-state index in [1.54, 1.807) is 12.1 Å². The van der Waals surface area contributed by atoms with E-state index >= 15 is 0 Å². The number of nitrogens with one attached hydrogen (secondary N) is 2. The molecular formula is C20H35N3O3. The normalized spacial score (nSPS) is 12.1. The van der Waals surface area contributed by atoms with E-state index < -0.39 is 6.10 Å². The molecule has 1 amide bonds. The number of carbonyl (C=O) groups is 1. The van der Waals surface area contributed by atoms with Crippen LogP contribution in [0.15, 0.2) is 18.2 Å². The molecule has 1 rings (SSSR count). The molecule has 0 heterocycles. The number of aliphatic hydroxyl groups is 1. The Hall–Kier alpha value is -1.63. The number of aromatic hydroxyl groups is 1. The van der Waals surface area contributed by atoms with E-state index in [4.69, 9.17) is 5.73 Å². The third-order valence-electron chi connectivity index (χ3n) is 4.52. The number of nitrogens with two attached hydrogens (primary N) is 1. The molecule has 0 aromatic heterocycles. The largest absolute Gasteiger partial charge is 0.506 e. The third-order valence-corrected chi connectivity index (χ3v) is 4.52. The lowest BCUT2D eigenvalue weighted by Crippen LogP contribution is -2.22. The van der Waals surface area contributed by atoms with E-state index in [-0.39, 0.29) is 5.75 Å². The van der Waals surface area contributed by atoms with Gasteiger partial charge in [0.15, 0.2) is 0 Å². The highest BCUT2D eigenvalue weighted by Gasteiger charge is 2.10. The van der Waals surface area contributed by atoms with Crippen molar-refractivity contribution >= 4 is 12.1 Å². The van der Waals surface area contributed by atoms with Crippen molar-refractivity contribution in [3.63, 3.8) is 0 Å². The monoisotopic (exact) mass is 365 g/mol. The molecule has 1 unspecified atom stereocenters. The lowest BCUT2D eigenvalue weighted by molar-refractivity contribution is -0.105. The lowest BCUT2D eigenvalue weighted by atomic mass is 10.1. The molecule has 26 heavy (non-hydrogen) atoms. The average molecular weight is 366 g/mol. The second-order valence-corrected chi connectivity index (χ2v) is 6.73. The fourth-order valence-electron chi connectivity index (χ4n) is 2.93. The van der Waals surface area contributed by atoms with Gasteiger partial charge in [-0.25, -0.2) is 0 Å². The van der Waals surface area contributed by atoms with E-state index in [9.17, 15) is 15.0 Å².